The van der Waals surface area contributed by atoms with Crippen molar-refractivity contribution in [2.75, 3.05) is 5.32 Å². The van der Waals surface area contributed by atoms with Crippen LogP contribution in [0.5, 0.6) is 0 Å². The molecule has 16 heavy (non-hydrogen) atoms. The van der Waals surface area contributed by atoms with Crippen LogP contribution in [0.15, 0.2) is 36.4 Å². The summed E-state index contributed by atoms with van der Waals surface area (Å²) in [4.78, 5) is 0. The van der Waals surface area contributed by atoms with Crippen molar-refractivity contribution in [2.45, 2.75) is 26.3 Å². The molecule has 1 heterocycles. The van der Waals surface area contributed by atoms with Crippen molar-refractivity contribution in [1.82, 2.24) is 10.2 Å². The molecular weight excluding hydrogens is 198 g/mol. The van der Waals surface area contributed by atoms with Gasteiger partial charge in [-0.15, -0.1) is 0 Å². The number of anilines is 1. The highest BCUT2D eigenvalue weighted by molar-refractivity contribution is 5.62. The number of aromatic nitrogens is 2. The zero-order valence-corrected chi connectivity index (χ0v) is 9.91. The molecule has 1 aromatic carbocycles. The Labute approximate surface area is 95.9 Å². The second-order valence-electron chi connectivity index (χ2n) is 4.91. The largest absolute Gasteiger partial charge is 0.364 e. The Balaban J connectivity index is 2.21. The average Bonchev–Trinajstić information content (AvgIpc) is 2.65. The Hall–Kier alpha value is -1.77. The monoisotopic (exact) mass is 215 g/mol. The summed E-state index contributed by atoms with van der Waals surface area (Å²) >= 11 is 0. The number of nitrogens with zero attached hydrogens (tertiary/aromatic N) is 1. The van der Waals surface area contributed by atoms with Crippen LogP contribution in [0.2, 0.25) is 0 Å². The van der Waals surface area contributed by atoms with Gasteiger partial charge < -0.3 is 5.32 Å². The molecule has 3 heteroatoms. The van der Waals surface area contributed by atoms with Crippen LogP contribution in [0.25, 0.3) is 11.3 Å². The van der Waals surface area contributed by atoms with E-state index in [1.807, 2.05) is 24.3 Å². The Kier molecular flexibility index (Phi) is 2.69. The smallest absolute Gasteiger partial charge is 0.148 e. The second kappa shape index (κ2) is 4.00. The first-order valence-corrected chi connectivity index (χ1v) is 5.44. The SMILES string of the molecule is CC(C)(C)Nc1cc(-c2ccccc2)[nH]n1. The van der Waals surface area contributed by atoms with E-state index in [1.165, 1.54) is 0 Å². The third kappa shape index (κ3) is 2.63. The molecule has 0 unspecified atom stereocenters. The molecule has 0 amide bonds. The van der Waals surface area contributed by atoms with Crippen LogP contribution in [-0.4, -0.2) is 15.7 Å². The van der Waals surface area contributed by atoms with Gasteiger partial charge in [-0.05, 0) is 26.3 Å². The lowest BCUT2D eigenvalue weighted by atomic mass is 10.1. The summed E-state index contributed by atoms with van der Waals surface area (Å²) in [5, 5.41) is 10.6. The number of nitrogens with one attached hydrogen (secondary N) is 2. The molecule has 0 saturated heterocycles. The fourth-order valence-electron chi connectivity index (χ4n) is 1.54. The molecule has 3 nitrogen and oxygen atoms in total. The molecule has 0 bridgehead atoms. The van der Waals surface area contributed by atoms with Gasteiger partial charge in [0.2, 0.25) is 0 Å². The molecule has 0 spiro atoms. The number of aromatic amines is 1. The van der Waals surface area contributed by atoms with Crippen molar-refractivity contribution in [3.8, 4) is 11.3 Å². The summed E-state index contributed by atoms with van der Waals surface area (Å²) in [6.07, 6.45) is 0. The highest BCUT2D eigenvalue weighted by atomic mass is 15.2. The van der Waals surface area contributed by atoms with Crippen molar-refractivity contribution in [3.05, 3.63) is 36.4 Å². The molecule has 0 fully saturated rings. The van der Waals surface area contributed by atoms with Gasteiger partial charge in [0.15, 0.2) is 0 Å². The number of hydrogen-bond acceptors (Lipinski definition) is 2. The zero-order chi connectivity index (χ0) is 11.6. The van der Waals surface area contributed by atoms with Crippen LogP contribution in [0.1, 0.15) is 20.8 Å². The van der Waals surface area contributed by atoms with Gasteiger partial charge in [0.05, 0.1) is 5.69 Å². The minimum absolute atomic E-state index is 0.0309. The van der Waals surface area contributed by atoms with E-state index in [-0.39, 0.29) is 5.54 Å². The molecule has 84 valence electrons. The molecule has 0 aliphatic heterocycles. The Bertz CT molecular complexity index is 452. The number of H-pyrrole nitrogens is 1. The summed E-state index contributed by atoms with van der Waals surface area (Å²) in [5.74, 6) is 0.881. The molecule has 0 aliphatic carbocycles. The van der Waals surface area contributed by atoms with Gasteiger partial charge in [-0.2, -0.15) is 5.10 Å². The van der Waals surface area contributed by atoms with Gasteiger partial charge in [0, 0.05) is 11.6 Å². The molecule has 0 atom stereocenters. The first-order valence-electron chi connectivity index (χ1n) is 5.44. The molecule has 1 aromatic heterocycles. The zero-order valence-electron chi connectivity index (χ0n) is 9.91. The van der Waals surface area contributed by atoms with Crippen molar-refractivity contribution >= 4 is 5.82 Å². The normalized spacial score (nSPS) is 11.4. The van der Waals surface area contributed by atoms with Crippen molar-refractivity contribution in [3.63, 3.8) is 0 Å². The third-order valence-corrected chi connectivity index (χ3v) is 2.17. The van der Waals surface area contributed by atoms with Crippen LogP contribution in [-0.2, 0) is 0 Å². The van der Waals surface area contributed by atoms with E-state index >= 15 is 0 Å². The molecule has 2 rings (SSSR count). The number of hydrogen-bond donors (Lipinski definition) is 2. The maximum absolute atomic E-state index is 4.24. The van der Waals surface area contributed by atoms with Gasteiger partial charge in [-0.25, -0.2) is 0 Å². The summed E-state index contributed by atoms with van der Waals surface area (Å²) in [6, 6.07) is 12.2. The number of benzene rings is 1. The maximum atomic E-state index is 4.24. The fourth-order valence-corrected chi connectivity index (χ4v) is 1.54. The minimum Gasteiger partial charge on any atom is -0.364 e. The van der Waals surface area contributed by atoms with Crippen molar-refractivity contribution in [2.24, 2.45) is 0 Å². The summed E-state index contributed by atoms with van der Waals surface area (Å²) < 4.78 is 0. The molecule has 0 radical (unpaired) electrons. The van der Waals surface area contributed by atoms with Crippen molar-refractivity contribution in [1.29, 1.82) is 0 Å². The lowest BCUT2D eigenvalue weighted by Crippen LogP contribution is -2.26. The maximum Gasteiger partial charge on any atom is 0.148 e. The van der Waals surface area contributed by atoms with Crippen LogP contribution < -0.4 is 5.32 Å². The first kappa shape index (κ1) is 10.7. The van der Waals surface area contributed by atoms with E-state index in [1.54, 1.807) is 0 Å². The first-order chi connectivity index (χ1) is 7.54. The van der Waals surface area contributed by atoms with Crippen molar-refractivity contribution < 1.29 is 0 Å². The van der Waals surface area contributed by atoms with E-state index in [4.69, 9.17) is 0 Å². The fraction of sp³-hybridized carbons (Fsp3) is 0.308. The molecule has 2 aromatic rings. The van der Waals surface area contributed by atoms with E-state index in [0.29, 0.717) is 0 Å². The van der Waals surface area contributed by atoms with Gasteiger partial charge >= 0.3 is 0 Å². The predicted octanol–water partition coefficient (Wildman–Crippen LogP) is 3.29. The highest BCUT2D eigenvalue weighted by Crippen LogP contribution is 2.20. The van der Waals surface area contributed by atoms with Crippen LogP contribution in [0.4, 0.5) is 5.82 Å². The Morgan fingerprint density at radius 2 is 1.81 bits per heavy atom. The lowest BCUT2D eigenvalue weighted by Gasteiger charge is -2.19. The summed E-state index contributed by atoms with van der Waals surface area (Å²) in [5.41, 5.74) is 2.22. The molecule has 0 aliphatic rings. The molecule has 0 saturated carbocycles. The standard InChI is InChI=1S/C13H17N3/c1-13(2,3)14-12-9-11(15-16-12)10-7-5-4-6-8-10/h4-9H,1-3H3,(H2,14,15,16). The van der Waals surface area contributed by atoms with Crippen LogP contribution in [0.3, 0.4) is 0 Å². The molecular formula is C13H17N3. The second-order valence-corrected chi connectivity index (χ2v) is 4.91. The van der Waals surface area contributed by atoms with E-state index in [0.717, 1.165) is 17.1 Å². The summed E-state index contributed by atoms with van der Waals surface area (Å²) in [7, 11) is 0. The topological polar surface area (TPSA) is 40.7 Å². The van der Waals surface area contributed by atoms with Crippen LogP contribution in [0, 0.1) is 0 Å². The van der Waals surface area contributed by atoms with Crippen LogP contribution >= 0.6 is 0 Å². The van der Waals surface area contributed by atoms with Gasteiger partial charge in [-0.1, -0.05) is 30.3 Å². The Morgan fingerprint density at radius 1 is 1.12 bits per heavy atom. The average molecular weight is 215 g/mol. The van der Waals surface area contributed by atoms with Gasteiger partial charge in [0.1, 0.15) is 5.82 Å². The minimum atomic E-state index is 0.0309. The van der Waals surface area contributed by atoms with Gasteiger partial charge in [-0.3, -0.25) is 5.10 Å². The van der Waals surface area contributed by atoms with E-state index in [2.05, 4.69) is 48.4 Å². The predicted molar refractivity (Wildman–Crippen MR) is 67.4 cm³/mol. The highest BCUT2D eigenvalue weighted by Gasteiger charge is 2.11. The quantitative estimate of drug-likeness (QED) is 0.807. The van der Waals surface area contributed by atoms with E-state index < -0.39 is 0 Å². The lowest BCUT2D eigenvalue weighted by molar-refractivity contribution is 0.630. The van der Waals surface area contributed by atoms with Gasteiger partial charge in [0.25, 0.3) is 0 Å². The third-order valence-electron chi connectivity index (χ3n) is 2.17. The van der Waals surface area contributed by atoms with E-state index in [9.17, 15) is 0 Å². The molecule has 2 N–H and O–H groups in total. The number of rotatable bonds is 2. The Morgan fingerprint density at radius 3 is 2.44 bits per heavy atom. The summed E-state index contributed by atoms with van der Waals surface area (Å²) in [6.45, 7) is 6.34.